The Kier molecular flexibility index (Phi) is 5.43. The molecule has 0 saturated heterocycles. The van der Waals surface area contributed by atoms with Gasteiger partial charge in [-0.25, -0.2) is 8.78 Å². The van der Waals surface area contributed by atoms with Crippen molar-refractivity contribution < 1.29 is 13.9 Å². The molecule has 3 nitrogen and oxygen atoms in total. The molecule has 0 bridgehead atoms. The first-order valence-corrected chi connectivity index (χ1v) is 6.06. The SMILES string of the molecule is CCN(CCCO)c1c(F)cc(C(N)=S)cc1F. The minimum Gasteiger partial charge on any atom is -0.396 e. The maximum Gasteiger partial charge on any atom is 0.150 e. The van der Waals surface area contributed by atoms with Crippen LogP contribution < -0.4 is 10.6 Å². The third kappa shape index (κ3) is 3.36. The number of nitrogens with two attached hydrogens (primary N) is 1. The van der Waals surface area contributed by atoms with Crippen molar-refractivity contribution in [2.75, 3.05) is 24.6 Å². The normalized spacial score (nSPS) is 10.4. The van der Waals surface area contributed by atoms with Crippen LogP contribution in [0.4, 0.5) is 14.5 Å². The highest BCUT2D eigenvalue weighted by Gasteiger charge is 2.17. The molecule has 0 aliphatic heterocycles. The summed E-state index contributed by atoms with van der Waals surface area (Å²) in [7, 11) is 0. The van der Waals surface area contributed by atoms with Gasteiger partial charge in [-0.1, -0.05) is 12.2 Å². The summed E-state index contributed by atoms with van der Waals surface area (Å²) in [5, 5.41) is 8.77. The van der Waals surface area contributed by atoms with Gasteiger partial charge < -0.3 is 15.7 Å². The molecule has 0 fully saturated rings. The van der Waals surface area contributed by atoms with E-state index < -0.39 is 11.6 Å². The van der Waals surface area contributed by atoms with Crippen molar-refractivity contribution >= 4 is 22.9 Å². The summed E-state index contributed by atoms with van der Waals surface area (Å²) in [5.74, 6) is -1.39. The minimum atomic E-state index is -0.697. The highest BCUT2D eigenvalue weighted by Crippen LogP contribution is 2.25. The summed E-state index contributed by atoms with van der Waals surface area (Å²) in [6.45, 7) is 2.59. The number of nitrogens with zero attached hydrogens (tertiary/aromatic N) is 1. The third-order valence-electron chi connectivity index (χ3n) is 2.59. The van der Waals surface area contributed by atoms with Gasteiger partial charge in [-0.2, -0.15) is 0 Å². The number of halogens is 2. The summed E-state index contributed by atoms with van der Waals surface area (Å²) in [6, 6.07) is 2.25. The zero-order valence-corrected chi connectivity index (χ0v) is 10.9. The van der Waals surface area contributed by atoms with Crippen LogP contribution >= 0.6 is 12.2 Å². The van der Waals surface area contributed by atoms with Gasteiger partial charge in [-0.05, 0) is 25.5 Å². The predicted octanol–water partition coefficient (Wildman–Crippen LogP) is 1.81. The molecule has 0 saturated carbocycles. The van der Waals surface area contributed by atoms with Gasteiger partial charge in [0.2, 0.25) is 0 Å². The molecule has 0 unspecified atom stereocenters. The third-order valence-corrected chi connectivity index (χ3v) is 2.82. The maximum atomic E-state index is 13.9. The van der Waals surface area contributed by atoms with Gasteiger partial charge in [-0.3, -0.25) is 0 Å². The van der Waals surface area contributed by atoms with Gasteiger partial charge in [-0.15, -0.1) is 0 Å². The van der Waals surface area contributed by atoms with Crippen molar-refractivity contribution in [3.05, 3.63) is 29.3 Å². The molecule has 18 heavy (non-hydrogen) atoms. The second-order valence-electron chi connectivity index (χ2n) is 3.81. The van der Waals surface area contributed by atoms with Gasteiger partial charge in [0.1, 0.15) is 22.3 Å². The van der Waals surface area contributed by atoms with Crippen LogP contribution in [-0.4, -0.2) is 29.8 Å². The Morgan fingerprint density at radius 2 is 1.94 bits per heavy atom. The van der Waals surface area contributed by atoms with Crippen LogP contribution in [-0.2, 0) is 0 Å². The zero-order chi connectivity index (χ0) is 13.7. The quantitative estimate of drug-likeness (QED) is 0.777. The van der Waals surface area contributed by atoms with Crippen molar-refractivity contribution in [1.29, 1.82) is 0 Å². The van der Waals surface area contributed by atoms with Crippen LogP contribution in [0.15, 0.2) is 12.1 Å². The first-order valence-electron chi connectivity index (χ1n) is 5.65. The van der Waals surface area contributed by atoms with Crippen LogP contribution in [0.1, 0.15) is 18.9 Å². The highest BCUT2D eigenvalue weighted by molar-refractivity contribution is 7.80. The van der Waals surface area contributed by atoms with Crippen molar-refractivity contribution in [1.82, 2.24) is 0 Å². The number of anilines is 1. The largest absolute Gasteiger partial charge is 0.396 e. The Morgan fingerprint density at radius 1 is 1.39 bits per heavy atom. The molecule has 0 atom stereocenters. The summed E-state index contributed by atoms with van der Waals surface area (Å²) in [4.78, 5) is 1.49. The van der Waals surface area contributed by atoms with E-state index in [1.54, 1.807) is 6.92 Å². The molecule has 0 radical (unpaired) electrons. The monoisotopic (exact) mass is 274 g/mol. The lowest BCUT2D eigenvalue weighted by atomic mass is 10.1. The molecule has 1 aromatic carbocycles. The van der Waals surface area contributed by atoms with Gasteiger partial charge >= 0.3 is 0 Å². The lowest BCUT2D eigenvalue weighted by Gasteiger charge is -2.24. The molecule has 0 heterocycles. The van der Waals surface area contributed by atoms with E-state index in [4.69, 9.17) is 10.8 Å². The fourth-order valence-electron chi connectivity index (χ4n) is 1.70. The molecule has 3 N–H and O–H groups in total. The van der Waals surface area contributed by atoms with E-state index in [0.717, 1.165) is 12.1 Å². The van der Waals surface area contributed by atoms with Gasteiger partial charge in [0, 0.05) is 25.3 Å². The molecular formula is C12H16F2N2OS. The lowest BCUT2D eigenvalue weighted by molar-refractivity contribution is 0.289. The highest BCUT2D eigenvalue weighted by atomic mass is 32.1. The first kappa shape index (κ1) is 14.8. The van der Waals surface area contributed by atoms with E-state index in [1.807, 2.05) is 0 Å². The maximum absolute atomic E-state index is 13.9. The summed E-state index contributed by atoms with van der Waals surface area (Å²) >= 11 is 4.69. The van der Waals surface area contributed by atoms with E-state index >= 15 is 0 Å². The van der Waals surface area contributed by atoms with Gasteiger partial charge in [0.25, 0.3) is 0 Å². The average Bonchev–Trinajstić information content (AvgIpc) is 2.32. The van der Waals surface area contributed by atoms with Crippen molar-refractivity contribution in [3.8, 4) is 0 Å². The van der Waals surface area contributed by atoms with E-state index in [-0.39, 0.29) is 22.8 Å². The van der Waals surface area contributed by atoms with Crippen LogP contribution in [0.2, 0.25) is 0 Å². The summed E-state index contributed by atoms with van der Waals surface area (Å²) in [5.41, 5.74) is 5.40. The minimum absolute atomic E-state index is 0.0231. The Bertz CT molecular complexity index is 417. The number of benzene rings is 1. The zero-order valence-electron chi connectivity index (χ0n) is 10.1. The smallest absolute Gasteiger partial charge is 0.150 e. The van der Waals surface area contributed by atoms with Crippen LogP contribution in [0, 0.1) is 11.6 Å². The Balaban J connectivity index is 3.11. The number of thiocarbonyl (C=S) groups is 1. The molecule has 0 spiro atoms. The number of aliphatic hydroxyl groups excluding tert-OH is 1. The molecule has 0 aliphatic rings. The van der Waals surface area contributed by atoms with E-state index in [1.165, 1.54) is 4.90 Å². The molecule has 0 amide bonds. The molecule has 6 heteroatoms. The fraction of sp³-hybridized carbons (Fsp3) is 0.417. The van der Waals surface area contributed by atoms with Crippen LogP contribution in [0.25, 0.3) is 0 Å². The number of rotatable bonds is 6. The second-order valence-corrected chi connectivity index (χ2v) is 4.25. The Hall–Kier alpha value is -1.27. The van der Waals surface area contributed by atoms with E-state index in [9.17, 15) is 8.78 Å². The Morgan fingerprint density at radius 3 is 2.33 bits per heavy atom. The van der Waals surface area contributed by atoms with Gasteiger partial charge in [0.05, 0.1) is 0 Å². The first-order chi connectivity index (χ1) is 8.51. The fourth-order valence-corrected chi connectivity index (χ4v) is 1.82. The molecular weight excluding hydrogens is 258 g/mol. The molecule has 1 aromatic rings. The van der Waals surface area contributed by atoms with E-state index in [2.05, 4.69) is 12.2 Å². The molecule has 0 aliphatic carbocycles. The molecule has 1 rings (SSSR count). The van der Waals surface area contributed by atoms with Crippen molar-refractivity contribution in [3.63, 3.8) is 0 Å². The van der Waals surface area contributed by atoms with Crippen LogP contribution in [0.3, 0.4) is 0 Å². The topological polar surface area (TPSA) is 49.5 Å². The summed E-state index contributed by atoms with van der Waals surface area (Å²) < 4.78 is 27.8. The Labute approximate surface area is 110 Å². The number of hydrogen-bond donors (Lipinski definition) is 2. The van der Waals surface area contributed by atoms with Crippen LogP contribution in [0.5, 0.6) is 0 Å². The second kappa shape index (κ2) is 6.61. The van der Waals surface area contributed by atoms with E-state index in [0.29, 0.717) is 19.5 Å². The van der Waals surface area contributed by atoms with Gasteiger partial charge in [0.15, 0.2) is 0 Å². The average molecular weight is 274 g/mol. The lowest BCUT2D eigenvalue weighted by Crippen LogP contribution is -2.27. The van der Waals surface area contributed by atoms with Crippen molar-refractivity contribution in [2.24, 2.45) is 5.73 Å². The number of aliphatic hydroxyl groups is 1. The van der Waals surface area contributed by atoms with Crippen molar-refractivity contribution in [2.45, 2.75) is 13.3 Å². The summed E-state index contributed by atoms with van der Waals surface area (Å²) in [6.07, 6.45) is 0.448. The standard InChI is InChI=1S/C12H16F2N2OS/c1-2-16(4-3-5-17)11-9(13)6-8(12(15)18)7-10(11)14/h6-7,17H,2-5H2,1H3,(H2,15,18). The number of hydrogen-bond acceptors (Lipinski definition) is 3. The molecule has 0 aromatic heterocycles. The molecule has 100 valence electrons. The predicted molar refractivity (Wildman–Crippen MR) is 71.8 cm³/mol.